The number of hydrogen-bond donors (Lipinski definition) is 0. The van der Waals surface area contributed by atoms with Gasteiger partial charge in [-0.15, -0.1) is 0 Å². The van der Waals surface area contributed by atoms with Gasteiger partial charge in [0.15, 0.2) is 0 Å². The molecule has 4 fully saturated rings. The zero-order chi connectivity index (χ0) is 19.6. The van der Waals surface area contributed by atoms with Crippen molar-refractivity contribution < 1.29 is 19.1 Å². The largest absolute Gasteiger partial charge is 0.367 e. The molecule has 3 heterocycles. The summed E-state index contributed by atoms with van der Waals surface area (Å²) in [6.07, 6.45) is 7.90. The Bertz CT molecular complexity index is 630. The molecule has 27 heavy (non-hydrogen) atoms. The molecule has 5 nitrogen and oxygen atoms in total. The Morgan fingerprint density at radius 3 is 2.26 bits per heavy atom. The average Bonchev–Trinajstić information content (AvgIpc) is 3.41. The minimum Gasteiger partial charge on any atom is -0.367 e. The highest BCUT2D eigenvalue weighted by atomic mass is 16.6. The molecule has 5 heteroatoms. The Labute approximate surface area is 163 Å². The fourth-order valence-corrected chi connectivity index (χ4v) is 5.48. The summed E-state index contributed by atoms with van der Waals surface area (Å²) in [4.78, 5) is 26.7. The predicted octanol–water partition coefficient (Wildman–Crippen LogP) is 3.69. The second kappa shape index (κ2) is 6.55. The Balaban J connectivity index is 1.23. The monoisotopic (exact) mass is 377 g/mol. The van der Waals surface area contributed by atoms with Gasteiger partial charge in [-0.2, -0.15) is 0 Å². The minimum atomic E-state index is -0.0700. The van der Waals surface area contributed by atoms with Crippen LogP contribution in [0.15, 0.2) is 0 Å². The zero-order valence-electron chi connectivity index (χ0n) is 17.5. The van der Waals surface area contributed by atoms with Crippen LogP contribution in [0.25, 0.3) is 0 Å². The van der Waals surface area contributed by atoms with E-state index in [1.54, 1.807) is 0 Å². The van der Waals surface area contributed by atoms with Crippen molar-refractivity contribution in [3.05, 3.63) is 0 Å². The van der Waals surface area contributed by atoms with Crippen molar-refractivity contribution in [2.75, 3.05) is 0 Å². The number of imide groups is 1. The van der Waals surface area contributed by atoms with Gasteiger partial charge < -0.3 is 9.47 Å². The molecule has 3 saturated heterocycles. The van der Waals surface area contributed by atoms with Gasteiger partial charge in [0.25, 0.3) is 0 Å². The van der Waals surface area contributed by atoms with E-state index < -0.39 is 0 Å². The van der Waals surface area contributed by atoms with Gasteiger partial charge in [-0.05, 0) is 85.5 Å². The summed E-state index contributed by atoms with van der Waals surface area (Å²) in [6.45, 7) is 10.4. The quantitative estimate of drug-likeness (QED) is 0.501. The summed E-state index contributed by atoms with van der Waals surface area (Å²) in [5.74, 6) is 0.570. The van der Waals surface area contributed by atoms with Crippen LogP contribution in [0.2, 0.25) is 0 Å². The van der Waals surface area contributed by atoms with Crippen molar-refractivity contribution in [2.24, 2.45) is 17.8 Å². The van der Waals surface area contributed by atoms with Gasteiger partial charge in [-0.1, -0.05) is 0 Å². The number of carbonyl (C=O) groups is 2. The normalized spacial score (nSPS) is 42.6. The van der Waals surface area contributed by atoms with Crippen molar-refractivity contribution in [1.29, 1.82) is 0 Å². The summed E-state index contributed by atoms with van der Waals surface area (Å²) >= 11 is 0. The SMILES string of the molecule is CC(C)N1C(=O)C2CCC(CCC3OC3(C)CCC3OC3(C)C)CC2C1=O. The lowest BCUT2D eigenvalue weighted by atomic mass is 9.73. The summed E-state index contributed by atoms with van der Waals surface area (Å²) in [5.41, 5.74) is 0.0846. The molecule has 3 aliphatic heterocycles. The lowest BCUT2D eigenvalue weighted by Gasteiger charge is -2.28. The molecule has 0 N–H and O–H groups in total. The smallest absolute Gasteiger partial charge is 0.233 e. The van der Waals surface area contributed by atoms with Gasteiger partial charge in [0.1, 0.15) is 0 Å². The van der Waals surface area contributed by atoms with Gasteiger partial charge in [0.2, 0.25) is 11.8 Å². The van der Waals surface area contributed by atoms with Crippen molar-refractivity contribution >= 4 is 11.8 Å². The number of likely N-dealkylation sites (tertiary alicyclic amines) is 1. The van der Waals surface area contributed by atoms with Crippen molar-refractivity contribution in [1.82, 2.24) is 4.90 Å². The second-order valence-corrected chi connectivity index (χ2v) is 10.3. The Kier molecular flexibility index (Phi) is 4.70. The van der Waals surface area contributed by atoms with E-state index in [0.717, 1.165) is 44.9 Å². The Hall–Kier alpha value is -0.940. The van der Waals surface area contributed by atoms with Gasteiger partial charge >= 0.3 is 0 Å². The molecule has 4 aliphatic rings. The van der Waals surface area contributed by atoms with Gasteiger partial charge in [-0.3, -0.25) is 14.5 Å². The number of epoxide rings is 2. The molecule has 1 aliphatic carbocycles. The number of fused-ring (bicyclic) bond motifs is 1. The maximum absolute atomic E-state index is 12.7. The highest BCUT2D eigenvalue weighted by molar-refractivity contribution is 6.05. The lowest BCUT2D eigenvalue weighted by Crippen LogP contribution is -2.37. The first kappa shape index (κ1) is 19.4. The van der Waals surface area contributed by atoms with Crippen molar-refractivity contribution in [3.8, 4) is 0 Å². The van der Waals surface area contributed by atoms with E-state index in [2.05, 4.69) is 20.8 Å². The van der Waals surface area contributed by atoms with E-state index in [-0.39, 0.29) is 40.9 Å². The van der Waals surface area contributed by atoms with Crippen LogP contribution in [0.4, 0.5) is 0 Å². The first-order valence-corrected chi connectivity index (χ1v) is 10.8. The van der Waals surface area contributed by atoms with Gasteiger partial charge in [0, 0.05) is 6.04 Å². The van der Waals surface area contributed by atoms with Crippen LogP contribution in [-0.4, -0.2) is 46.2 Å². The lowest BCUT2D eigenvalue weighted by molar-refractivity contribution is -0.141. The third-order valence-corrected chi connectivity index (χ3v) is 7.52. The Morgan fingerprint density at radius 1 is 0.963 bits per heavy atom. The summed E-state index contributed by atoms with van der Waals surface area (Å²) < 4.78 is 11.7. The molecule has 1 saturated carbocycles. The average molecular weight is 378 g/mol. The topological polar surface area (TPSA) is 62.4 Å². The molecule has 0 bridgehead atoms. The van der Waals surface area contributed by atoms with Crippen LogP contribution in [0.1, 0.15) is 79.6 Å². The molecule has 4 rings (SSSR count). The van der Waals surface area contributed by atoms with Crippen molar-refractivity contribution in [2.45, 2.75) is 109 Å². The Morgan fingerprint density at radius 2 is 1.63 bits per heavy atom. The molecule has 0 radical (unpaired) electrons. The van der Waals surface area contributed by atoms with Crippen LogP contribution in [-0.2, 0) is 19.1 Å². The van der Waals surface area contributed by atoms with Crippen molar-refractivity contribution in [3.63, 3.8) is 0 Å². The molecule has 0 spiro atoms. The maximum Gasteiger partial charge on any atom is 0.233 e. The van der Waals surface area contributed by atoms with E-state index in [1.807, 2.05) is 13.8 Å². The number of ether oxygens (including phenoxy) is 2. The summed E-state index contributed by atoms with van der Waals surface area (Å²) in [5, 5.41) is 0. The second-order valence-electron chi connectivity index (χ2n) is 10.3. The van der Waals surface area contributed by atoms with Crippen LogP contribution in [0.3, 0.4) is 0 Å². The van der Waals surface area contributed by atoms with Gasteiger partial charge in [-0.25, -0.2) is 0 Å². The first-order chi connectivity index (χ1) is 12.6. The third kappa shape index (κ3) is 3.57. The van der Waals surface area contributed by atoms with E-state index in [0.29, 0.717) is 18.1 Å². The fraction of sp³-hybridized carbons (Fsp3) is 0.909. The molecule has 152 valence electrons. The van der Waals surface area contributed by atoms with E-state index in [1.165, 1.54) is 4.90 Å². The molecule has 6 atom stereocenters. The molecule has 2 amide bonds. The number of rotatable bonds is 7. The van der Waals surface area contributed by atoms with Crippen LogP contribution < -0.4 is 0 Å². The zero-order valence-corrected chi connectivity index (χ0v) is 17.5. The molecule has 0 aromatic rings. The number of hydrogen-bond acceptors (Lipinski definition) is 4. The van der Waals surface area contributed by atoms with Crippen LogP contribution in [0.5, 0.6) is 0 Å². The third-order valence-electron chi connectivity index (χ3n) is 7.52. The molecular formula is C22H35NO4. The molecule has 0 aromatic heterocycles. The molecular weight excluding hydrogens is 342 g/mol. The molecule has 0 aromatic carbocycles. The van der Waals surface area contributed by atoms with E-state index in [4.69, 9.17) is 9.47 Å². The number of carbonyl (C=O) groups excluding carboxylic acids is 2. The standard InChI is InChI=1S/C22H35NO4/c1-13(2)23-19(24)15-8-6-14(12-16(15)20(23)25)7-9-18-22(5,27-18)11-10-17-21(3,4)26-17/h13-18H,6-12H2,1-5H3. The van der Waals surface area contributed by atoms with Crippen LogP contribution in [0, 0.1) is 17.8 Å². The highest BCUT2D eigenvalue weighted by Crippen LogP contribution is 2.49. The van der Waals surface area contributed by atoms with E-state index in [9.17, 15) is 9.59 Å². The fourth-order valence-electron chi connectivity index (χ4n) is 5.48. The predicted molar refractivity (Wildman–Crippen MR) is 102 cm³/mol. The summed E-state index contributed by atoms with van der Waals surface area (Å²) in [6, 6.07) is -0.0185. The summed E-state index contributed by atoms with van der Waals surface area (Å²) in [7, 11) is 0. The maximum atomic E-state index is 12.7. The number of nitrogens with zero attached hydrogens (tertiary/aromatic N) is 1. The number of amides is 2. The highest BCUT2D eigenvalue weighted by Gasteiger charge is 2.55. The van der Waals surface area contributed by atoms with E-state index >= 15 is 0 Å². The van der Waals surface area contributed by atoms with Gasteiger partial charge in [0.05, 0.1) is 35.2 Å². The first-order valence-electron chi connectivity index (χ1n) is 10.8. The molecule has 6 unspecified atom stereocenters. The minimum absolute atomic E-state index is 0.0185. The van der Waals surface area contributed by atoms with Crippen LogP contribution >= 0.6 is 0 Å².